The maximum atomic E-state index is 11.7. The quantitative estimate of drug-likeness (QED) is 0.615. The predicted octanol–water partition coefficient (Wildman–Crippen LogP) is 3.94. The van der Waals surface area contributed by atoms with Gasteiger partial charge in [-0.2, -0.15) is 0 Å². The molecule has 0 fully saturated rings. The van der Waals surface area contributed by atoms with Gasteiger partial charge >= 0.3 is 0 Å². The SMILES string of the molecule is Cc1ccc(SCCNC(=O)COc2cccc(Cl)c2)cc1. The largest absolute Gasteiger partial charge is 0.484 e. The Kier molecular flexibility index (Phi) is 6.62. The molecule has 0 aliphatic heterocycles. The molecule has 0 saturated carbocycles. The number of benzene rings is 2. The Morgan fingerprint density at radius 3 is 2.73 bits per heavy atom. The van der Waals surface area contributed by atoms with Crippen molar-refractivity contribution in [2.24, 2.45) is 0 Å². The number of nitrogens with one attached hydrogen (secondary N) is 1. The summed E-state index contributed by atoms with van der Waals surface area (Å²) in [5.74, 6) is 1.28. The van der Waals surface area contributed by atoms with Crippen LogP contribution in [0.15, 0.2) is 53.4 Å². The Bertz CT molecular complexity index is 616. The number of hydrogen-bond donors (Lipinski definition) is 1. The van der Waals surface area contributed by atoms with Crippen molar-refractivity contribution in [2.75, 3.05) is 18.9 Å². The summed E-state index contributed by atoms with van der Waals surface area (Å²) < 4.78 is 5.37. The van der Waals surface area contributed by atoms with Crippen molar-refractivity contribution in [3.8, 4) is 5.75 Å². The number of carbonyl (C=O) groups is 1. The third-order valence-corrected chi connectivity index (χ3v) is 4.13. The number of ether oxygens (including phenoxy) is 1. The van der Waals surface area contributed by atoms with Crippen LogP contribution < -0.4 is 10.1 Å². The fraction of sp³-hybridized carbons (Fsp3) is 0.235. The van der Waals surface area contributed by atoms with Crippen molar-refractivity contribution in [1.29, 1.82) is 0 Å². The van der Waals surface area contributed by atoms with Crippen LogP contribution in [0.2, 0.25) is 5.02 Å². The van der Waals surface area contributed by atoms with Gasteiger partial charge in [0.05, 0.1) is 0 Å². The molecule has 0 bridgehead atoms. The standard InChI is InChI=1S/C17H18ClNO2S/c1-13-5-7-16(8-6-13)22-10-9-19-17(20)12-21-15-4-2-3-14(18)11-15/h2-8,11H,9-10,12H2,1H3,(H,19,20). The summed E-state index contributed by atoms with van der Waals surface area (Å²) in [5, 5.41) is 3.42. The molecule has 3 nitrogen and oxygen atoms in total. The fourth-order valence-corrected chi connectivity index (χ4v) is 2.70. The minimum absolute atomic E-state index is 0.00442. The van der Waals surface area contributed by atoms with Crippen molar-refractivity contribution >= 4 is 29.3 Å². The summed E-state index contributed by atoms with van der Waals surface area (Å²) in [6, 6.07) is 15.3. The topological polar surface area (TPSA) is 38.3 Å². The van der Waals surface area contributed by atoms with Gasteiger partial charge in [0.2, 0.25) is 0 Å². The van der Waals surface area contributed by atoms with E-state index < -0.39 is 0 Å². The number of thioether (sulfide) groups is 1. The average molecular weight is 336 g/mol. The first kappa shape index (κ1) is 16.7. The van der Waals surface area contributed by atoms with Crippen LogP contribution in [0.4, 0.5) is 0 Å². The van der Waals surface area contributed by atoms with E-state index in [2.05, 4.69) is 36.5 Å². The molecule has 0 heterocycles. The third kappa shape index (κ3) is 6.00. The highest BCUT2D eigenvalue weighted by atomic mass is 35.5. The van der Waals surface area contributed by atoms with Gasteiger partial charge in [-0.1, -0.05) is 35.4 Å². The van der Waals surface area contributed by atoms with Crippen LogP contribution in [-0.4, -0.2) is 24.8 Å². The lowest BCUT2D eigenvalue weighted by molar-refractivity contribution is -0.122. The van der Waals surface area contributed by atoms with E-state index in [4.69, 9.17) is 16.3 Å². The highest BCUT2D eigenvalue weighted by Gasteiger charge is 2.03. The van der Waals surface area contributed by atoms with Crippen LogP contribution in [0.25, 0.3) is 0 Å². The summed E-state index contributed by atoms with van der Waals surface area (Å²) in [7, 11) is 0. The van der Waals surface area contributed by atoms with E-state index in [1.54, 1.807) is 36.0 Å². The van der Waals surface area contributed by atoms with Crippen LogP contribution >= 0.6 is 23.4 Å². The zero-order chi connectivity index (χ0) is 15.8. The van der Waals surface area contributed by atoms with Crippen LogP contribution in [-0.2, 0) is 4.79 Å². The third-order valence-electron chi connectivity index (χ3n) is 2.88. The zero-order valence-corrected chi connectivity index (χ0v) is 13.9. The van der Waals surface area contributed by atoms with E-state index in [1.165, 1.54) is 10.5 Å². The maximum absolute atomic E-state index is 11.7. The Hall–Kier alpha value is -1.65. The normalized spacial score (nSPS) is 10.3. The number of aryl methyl sites for hydroxylation is 1. The summed E-state index contributed by atoms with van der Waals surface area (Å²) in [5.41, 5.74) is 1.25. The fourth-order valence-electron chi connectivity index (χ4n) is 1.75. The molecule has 0 aliphatic carbocycles. The van der Waals surface area contributed by atoms with Gasteiger partial charge in [0.15, 0.2) is 6.61 Å². The summed E-state index contributed by atoms with van der Waals surface area (Å²) in [6.45, 7) is 2.67. The highest BCUT2D eigenvalue weighted by molar-refractivity contribution is 7.99. The number of amides is 1. The molecule has 2 aromatic carbocycles. The first-order valence-corrected chi connectivity index (χ1v) is 8.34. The van der Waals surface area contributed by atoms with Crippen LogP contribution in [0.5, 0.6) is 5.75 Å². The van der Waals surface area contributed by atoms with Gasteiger partial charge in [-0.3, -0.25) is 4.79 Å². The lowest BCUT2D eigenvalue weighted by Gasteiger charge is -2.08. The van der Waals surface area contributed by atoms with Crippen molar-refractivity contribution in [1.82, 2.24) is 5.32 Å². The van der Waals surface area contributed by atoms with Crippen molar-refractivity contribution in [3.63, 3.8) is 0 Å². The van der Waals surface area contributed by atoms with Crippen molar-refractivity contribution in [3.05, 3.63) is 59.1 Å². The van der Waals surface area contributed by atoms with Crippen molar-refractivity contribution in [2.45, 2.75) is 11.8 Å². The first-order valence-electron chi connectivity index (χ1n) is 6.98. The summed E-state index contributed by atoms with van der Waals surface area (Å²) in [6.07, 6.45) is 0. The molecule has 0 aromatic heterocycles. The monoisotopic (exact) mass is 335 g/mol. The molecule has 0 atom stereocenters. The molecule has 5 heteroatoms. The maximum Gasteiger partial charge on any atom is 0.257 e. The molecular weight excluding hydrogens is 318 g/mol. The Morgan fingerprint density at radius 2 is 2.00 bits per heavy atom. The van der Waals surface area contributed by atoms with Gasteiger partial charge in [-0.25, -0.2) is 0 Å². The Balaban J connectivity index is 1.62. The molecule has 0 radical (unpaired) electrons. The number of halogens is 1. The van der Waals surface area contributed by atoms with Crippen molar-refractivity contribution < 1.29 is 9.53 Å². The van der Waals surface area contributed by atoms with E-state index in [0.717, 1.165) is 5.75 Å². The minimum Gasteiger partial charge on any atom is -0.484 e. The van der Waals surface area contributed by atoms with Gasteiger partial charge in [-0.05, 0) is 37.3 Å². The molecule has 0 unspecified atom stereocenters. The van der Waals surface area contributed by atoms with Crippen LogP contribution in [0.1, 0.15) is 5.56 Å². The van der Waals surface area contributed by atoms with Gasteiger partial charge < -0.3 is 10.1 Å². The molecule has 22 heavy (non-hydrogen) atoms. The molecule has 116 valence electrons. The van der Waals surface area contributed by atoms with E-state index in [-0.39, 0.29) is 12.5 Å². The lowest BCUT2D eigenvalue weighted by Crippen LogP contribution is -2.30. The van der Waals surface area contributed by atoms with E-state index in [1.807, 2.05) is 0 Å². The minimum atomic E-state index is -0.135. The Morgan fingerprint density at radius 1 is 1.23 bits per heavy atom. The predicted molar refractivity (Wildman–Crippen MR) is 91.9 cm³/mol. The number of rotatable bonds is 7. The lowest BCUT2D eigenvalue weighted by atomic mass is 10.2. The molecule has 0 spiro atoms. The van der Waals surface area contributed by atoms with E-state index >= 15 is 0 Å². The van der Waals surface area contributed by atoms with Gasteiger partial charge in [0.25, 0.3) is 5.91 Å². The second-order valence-electron chi connectivity index (χ2n) is 4.76. The molecule has 1 N–H and O–H groups in total. The van der Waals surface area contributed by atoms with Crippen LogP contribution in [0.3, 0.4) is 0 Å². The smallest absolute Gasteiger partial charge is 0.257 e. The Labute approximate surface area is 140 Å². The molecule has 1 amide bonds. The average Bonchev–Trinajstić information content (AvgIpc) is 2.51. The molecule has 2 aromatic rings. The number of hydrogen-bond acceptors (Lipinski definition) is 3. The number of carbonyl (C=O) groups excluding carboxylic acids is 1. The van der Waals surface area contributed by atoms with Gasteiger partial charge in [0, 0.05) is 22.2 Å². The highest BCUT2D eigenvalue weighted by Crippen LogP contribution is 2.18. The van der Waals surface area contributed by atoms with E-state index in [9.17, 15) is 4.79 Å². The van der Waals surface area contributed by atoms with Crippen LogP contribution in [0, 0.1) is 6.92 Å². The molecule has 0 saturated heterocycles. The molecular formula is C17H18ClNO2S. The first-order chi connectivity index (χ1) is 10.6. The summed E-state index contributed by atoms with van der Waals surface area (Å²) >= 11 is 7.56. The second-order valence-corrected chi connectivity index (χ2v) is 6.36. The molecule has 0 aliphatic rings. The van der Waals surface area contributed by atoms with Gasteiger partial charge in [0.1, 0.15) is 5.75 Å². The van der Waals surface area contributed by atoms with E-state index in [0.29, 0.717) is 17.3 Å². The second kappa shape index (κ2) is 8.71. The van der Waals surface area contributed by atoms with Gasteiger partial charge in [-0.15, -0.1) is 11.8 Å². The summed E-state index contributed by atoms with van der Waals surface area (Å²) in [4.78, 5) is 12.9. The molecule has 2 rings (SSSR count). The zero-order valence-electron chi connectivity index (χ0n) is 12.3.